The van der Waals surface area contributed by atoms with Crippen LogP contribution in [-0.4, -0.2) is 42.6 Å². The second kappa shape index (κ2) is 7.13. The van der Waals surface area contributed by atoms with E-state index in [1.807, 2.05) is 18.2 Å². The fraction of sp³-hybridized carbons (Fsp3) is 0.385. The topological polar surface area (TPSA) is 66.8 Å². The van der Waals surface area contributed by atoms with Crippen molar-refractivity contribution in [3.8, 4) is 5.75 Å². The van der Waals surface area contributed by atoms with Gasteiger partial charge in [0.25, 0.3) is 0 Å². The van der Waals surface area contributed by atoms with Gasteiger partial charge in [0.15, 0.2) is 0 Å². The summed E-state index contributed by atoms with van der Waals surface area (Å²) in [4.78, 5) is 23.4. The second-order valence-corrected chi connectivity index (χ2v) is 5.01. The molecule has 0 spiro atoms. The molecule has 19 heavy (non-hydrogen) atoms. The van der Waals surface area contributed by atoms with Gasteiger partial charge in [-0.25, -0.2) is 0 Å². The van der Waals surface area contributed by atoms with Gasteiger partial charge in [-0.2, -0.15) is 0 Å². The standard InChI is InChI=1S/C13H16BrNO4/c1-15(12(16)8-13(17)18)6-5-9-7-10(14)3-4-11(9)19-2/h3-4,7H,5-6,8H2,1-2H3,(H,17,18). The number of amides is 1. The Labute approximate surface area is 120 Å². The third-order valence-corrected chi connectivity index (χ3v) is 3.18. The van der Waals surface area contributed by atoms with Crippen LogP contribution < -0.4 is 4.74 Å². The van der Waals surface area contributed by atoms with E-state index in [1.54, 1.807) is 14.2 Å². The number of hydrogen-bond acceptors (Lipinski definition) is 3. The summed E-state index contributed by atoms with van der Waals surface area (Å²) in [5.74, 6) is -0.763. The van der Waals surface area contributed by atoms with Crippen molar-refractivity contribution in [2.24, 2.45) is 0 Å². The van der Waals surface area contributed by atoms with Gasteiger partial charge in [-0.3, -0.25) is 9.59 Å². The van der Waals surface area contributed by atoms with Crippen molar-refractivity contribution in [3.63, 3.8) is 0 Å². The molecule has 0 heterocycles. The Morgan fingerprint density at radius 1 is 1.42 bits per heavy atom. The highest BCUT2D eigenvalue weighted by Crippen LogP contribution is 2.23. The van der Waals surface area contributed by atoms with Crippen molar-refractivity contribution in [1.29, 1.82) is 0 Å². The molecule has 1 N–H and O–H groups in total. The number of benzene rings is 1. The molecule has 1 aromatic rings. The molecule has 0 bridgehead atoms. The van der Waals surface area contributed by atoms with Crippen molar-refractivity contribution < 1.29 is 19.4 Å². The van der Waals surface area contributed by atoms with Crippen LogP contribution in [0, 0.1) is 0 Å². The van der Waals surface area contributed by atoms with Crippen LogP contribution in [0.15, 0.2) is 22.7 Å². The summed E-state index contributed by atoms with van der Waals surface area (Å²) in [7, 11) is 3.18. The first-order chi connectivity index (χ1) is 8.93. The van der Waals surface area contributed by atoms with Crippen LogP contribution in [0.2, 0.25) is 0 Å². The zero-order valence-electron chi connectivity index (χ0n) is 10.9. The van der Waals surface area contributed by atoms with Gasteiger partial charge in [0, 0.05) is 18.1 Å². The molecule has 0 atom stereocenters. The molecule has 1 rings (SSSR count). The predicted octanol–water partition coefficient (Wildman–Crippen LogP) is 1.93. The molecule has 0 aliphatic rings. The molecule has 0 fully saturated rings. The molecular weight excluding hydrogens is 314 g/mol. The normalized spacial score (nSPS) is 10.1. The minimum Gasteiger partial charge on any atom is -0.496 e. The van der Waals surface area contributed by atoms with Gasteiger partial charge in [-0.15, -0.1) is 0 Å². The highest BCUT2D eigenvalue weighted by atomic mass is 79.9. The number of carboxylic acid groups (broad SMARTS) is 1. The smallest absolute Gasteiger partial charge is 0.312 e. The summed E-state index contributed by atoms with van der Waals surface area (Å²) in [5.41, 5.74) is 0.965. The van der Waals surface area contributed by atoms with Crippen LogP contribution in [0.4, 0.5) is 0 Å². The van der Waals surface area contributed by atoms with Crippen LogP contribution in [0.5, 0.6) is 5.75 Å². The molecule has 1 amide bonds. The van der Waals surface area contributed by atoms with E-state index in [0.717, 1.165) is 15.8 Å². The number of carbonyl (C=O) groups is 2. The first-order valence-electron chi connectivity index (χ1n) is 5.72. The van der Waals surface area contributed by atoms with E-state index < -0.39 is 18.3 Å². The van der Waals surface area contributed by atoms with Crippen LogP contribution in [0.3, 0.4) is 0 Å². The Kier molecular flexibility index (Phi) is 5.82. The molecule has 1 aromatic carbocycles. The van der Waals surface area contributed by atoms with Gasteiger partial charge in [-0.05, 0) is 30.2 Å². The fourth-order valence-electron chi connectivity index (χ4n) is 1.62. The lowest BCUT2D eigenvalue weighted by Crippen LogP contribution is -2.30. The quantitative estimate of drug-likeness (QED) is 0.810. The number of ether oxygens (including phenoxy) is 1. The number of likely N-dealkylation sites (N-methyl/N-ethyl adjacent to an activating group) is 1. The number of nitrogens with zero attached hydrogens (tertiary/aromatic N) is 1. The van der Waals surface area contributed by atoms with E-state index in [4.69, 9.17) is 9.84 Å². The molecular formula is C13H16BrNO4. The number of carboxylic acids is 1. The molecule has 0 aliphatic carbocycles. The first-order valence-corrected chi connectivity index (χ1v) is 6.51. The van der Waals surface area contributed by atoms with E-state index in [2.05, 4.69) is 15.9 Å². The van der Waals surface area contributed by atoms with E-state index in [9.17, 15) is 9.59 Å². The Hall–Kier alpha value is -1.56. The minimum absolute atomic E-state index is 0.401. The number of aliphatic carboxylic acids is 1. The van der Waals surface area contributed by atoms with Gasteiger partial charge in [0.05, 0.1) is 7.11 Å². The van der Waals surface area contributed by atoms with Crippen molar-refractivity contribution in [1.82, 2.24) is 4.90 Å². The summed E-state index contributed by atoms with van der Waals surface area (Å²) in [6.07, 6.45) is 0.122. The number of rotatable bonds is 6. The van der Waals surface area contributed by atoms with Gasteiger partial charge in [-0.1, -0.05) is 15.9 Å². The lowest BCUT2D eigenvalue weighted by Gasteiger charge is -2.17. The fourth-order valence-corrected chi connectivity index (χ4v) is 2.03. The molecule has 0 unspecified atom stereocenters. The lowest BCUT2D eigenvalue weighted by molar-refractivity contribution is -0.143. The van der Waals surface area contributed by atoms with Gasteiger partial charge in [0.1, 0.15) is 12.2 Å². The molecule has 0 saturated heterocycles. The van der Waals surface area contributed by atoms with E-state index in [0.29, 0.717) is 13.0 Å². The van der Waals surface area contributed by atoms with Crippen LogP contribution in [-0.2, 0) is 16.0 Å². The maximum Gasteiger partial charge on any atom is 0.312 e. The summed E-state index contributed by atoms with van der Waals surface area (Å²) >= 11 is 3.38. The summed E-state index contributed by atoms with van der Waals surface area (Å²) in [5, 5.41) is 8.56. The number of halogens is 1. The maximum atomic E-state index is 11.5. The highest BCUT2D eigenvalue weighted by Gasteiger charge is 2.13. The minimum atomic E-state index is -1.11. The molecule has 0 radical (unpaired) electrons. The Morgan fingerprint density at radius 2 is 2.11 bits per heavy atom. The monoisotopic (exact) mass is 329 g/mol. The van der Waals surface area contributed by atoms with E-state index in [1.165, 1.54) is 4.90 Å². The summed E-state index contributed by atoms with van der Waals surface area (Å²) < 4.78 is 6.17. The zero-order chi connectivity index (χ0) is 14.4. The zero-order valence-corrected chi connectivity index (χ0v) is 12.4. The molecule has 0 saturated carbocycles. The average molecular weight is 330 g/mol. The van der Waals surface area contributed by atoms with Crippen LogP contribution in [0.25, 0.3) is 0 Å². The Balaban J connectivity index is 2.63. The lowest BCUT2D eigenvalue weighted by atomic mass is 10.1. The van der Waals surface area contributed by atoms with Gasteiger partial charge in [0.2, 0.25) is 5.91 Å². The van der Waals surface area contributed by atoms with Crippen molar-refractivity contribution in [2.75, 3.05) is 20.7 Å². The van der Waals surface area contributed by atoms with Crippen LogP contribution in [0.1, 0.15) is 12.0 Å². The average Bonchev–Trinajstić information content (AvgIpc) is 2.35. The van der Waals surface area contributed by atoms with E-state index >= 15 is 0 Å². The second-order valence-electron chi connectivity index (χ2n) is 4.09. The van der Waals surface area contributed by atoms with Gasteiger partial charge < -0.3 is 14.7 Å². The molecule has 0 aliphatic heterocycles. The van der Waals surface area contributed by atoms with Crippen molar-refractivity contribution >= 4 is 27.8 Å². The molecule has 104 valence electrons. The SMILES string of the molecule is COc1ccc(Br)cc1CCN(C)C(=O)CC(=O)O. The Bertz CT molecular complexity index is 476. The maximum absolute atomic E-state index is 11.5. The Morgan fingerprint density at radius 3 is 2.68 bits per heavy atom. The first kappa shape index (κ1) is 15.5. The third kappa shape index (κ3) is 4.90. The number of methoxy groups -OCH3 is 1. The number of carbonyl (C=O) groups excluding carboxylic acids is 1. The largest absolute Gasteiger partial charge is 0.496 e. The number of hydrogen-bond donors (Lipinski definition) is 1. The predicted molar refractivity (Wildman–Crippen MR) is 74.3 cm³/mol. The molecule has 0 aromatic heterocycles. The van der Waals surface area contributed by atoms with E-state index in [-0.39, 0.29) is 0 Å². The molecule has 6 heteroatoms. The van der Waals surface area contributed by atoms with Crippen LogP contribution >= 0.6 is 15.9 Å². The van der Waals surface area contributed by atoms with Crippen molar-refractivity contribution in [2.45, 2.75) is 12.8 Å². The molecule has 5 nitrogen and oxygen atoms in total. The summed E-state index contributed by atoms with van der Waals surface area (Å²) in [6.45, 7) is 0.443. The third-order valence-electron chi connectivity index (χ3n) is 2.69. The highest BCUT2D eigenvalue weighted by molar-refractivity contribution is 9.10. The summed E-state index contributed by atoms with van der Waals surface area (Å²) in [6, 6.07) is 5.65. The van der Waals surface area contributed by atoms with Crippen molar-refractivity contribution in [3.05, 3.63) is 28.2 Å². The van der Waals surface area contributed by atoms with Gasteiger partial charge >= 0.3 is 5.97 Å².